The molecule has 2 aromatic rings. The normalized spacial score (nSPS) is 10.1. The lowest BCUT2D eigenvalue weighted by Gasteiger charge is -2.16. The molecule has 0 fully saturated rings. The van der Waals surface area contributed by atoms with Crippen molar-refractivity contribution in [2.75, 3.05) is 20.0 Å². The molecule has 7 heteroatoms. The molecule has 0 saturated carbocycles. The molecule has 0 unspecified atom stereocenters. The average Bonchev–Trinajstić information content (AvgIpc) is 2.85. The fraction of sp³-hybridized carbons (Fsp3) is 0.200. The molecule has 1 heterocycles. The zero-order chi connectivity index (χ0) is 16.4. The standard InChI is InChI=1S/C15H14BrN3O3/c1-8-10(16)4-5-11(21-2)13(8)19-7-9(6-17)12(18)14(19)15(20)22-3/h4-5,7H,18H2,1-3H3. The van der Waals surface area contributed by atoms with Gasteiger partial charge in [0.2, 0.25) is 0 Å². The van der Waals surface area contributed by atoms with Gasteiger partial charge in [-0.3, -0.25) is 0 Å². The molecule has 0 bridgehead atoms. The van der Waals surface area contributed by atoms with E-state index in [0.717, 1.165) is 10.0 Å². The lowest BCUT2D eigenvalue weighted by Crippen LogP contribution is -2.12. The molecule has 0 aliphatic carbocycles. The van der Waals surface area contributed by atoms with Gasteiger partial charge in [-0.15, -0.1) is 0 Å². The number of esters is 1. The highest BCUT2D eigenvalue weighted by molar-refractivity contribution is 9.10. The summed E-state index contributed by atoms with van der Waals surface area (Å²) in [5.41, 5.74) is 7.74. The van der Waals surface area contributed by atoms with Crippen LogP contribution in [0, 0.1) is 18.3 Å². The zero-order valence-corrected chi connectivity index (χ0v) is 13.9. The number of nitrogens with two attached hydrogens (primary N) is 1. The summed E-state index contributed by atoms with van der Waals surface area (Å²) in [6.07, 6.45) is 1.50. The van der Waals surface area contributed by atoms with Crippen molar-refractivity contribution >= 4 is 27.6 Å². The molecular weight excluding hydrogens is 350 g/mol. The van der Waals surface area contributed by atoms with Crippen molar-refractivity contribution in [2.45, 2.75) is 6.92 Å². The third kappa shape index (κ3) is 2.42. The molecule has 1 aromatic heterocycles. The van der Waals surface area contributed by atoms with Crippen molar-refractivity contribution in [3.63, 3.8) is 0 Å². The zero-order valence-electron chi connectivity index (χ0n) is 12.3. The van der Waals surface area contributed by atoms with Gasteiger partial charge in [0.1, 0.15) is 11.8 Å². The summed E-state index contributed by atoms with van der Waals surface area (Å²) in [5, 5.41) is 9.17. The molecule has 22 heavy (non-hydrogen) atoms. The smallest absolute Gasteiger partial charge is 0.357 e. The number of hydrogen-bond acceptors (Lipinski definition) is 5. The Hall–Kier alpha value is -2.46. The Bertz CT molecular complexity index is 790. The summed E-state index contributed by atoms with van der Waals surface area (Å²) in [5.74, 6) is -0.0780. The summed E-state index contributed by atoms with van der Waals surface area (Å²) in [4.78, 5) is 12.1. The van der Waals surface area contributed by atoms with Crippen LogP contribution in [0.3, 0.4) is 0 Å². The van der Waals surface area contributed by atoms with Crippen LogP contribution in [0.4, 0.5) is 5.69 Å². The van der Waals surface area contributed by atoms with Crippen LogP contribution in [-0.4, -0.2) is 24.8 Å². The molecule has 0 saturated heterocycles. The first-order valence-electron chi connectivity index (χ1n) is 6.28. The van der Waals surface area contributed by atoms with Crippen molar-refractivity contribution in [3.8, 4) is 17.5 Å². The Morgan fingerprint density at radius 3 is 2.64 bits per heavy atom. The highest BCUT2D eigenvalue weighted by Gasteiger charge is 2.24. The van der Waals surface area contributed by atoms with Crippen LogP contribution in [0.2, 0.25) is 0 Å². The predicted molar refractivity (Wildman–Crippen MR) is 85.2 cm³/mol. The van der Waals surface area contributed by atoms with E-state index in [1.807, 2.05) is 19.1 Å². The number of ether oxygens (including phenoxy) is 2. The third-order valence-electron chi connectivity index (χ3n) is 3.33. The maximum absolute atomic E-state index is 12.1. The van der Waals surface area contributed by atoms with Crippen LogP contribution in [0.1, 0.15) is 21.6 Å². The maximum Gasteiger partial charge on any atom is 0.357 e. The van der Waals surface area contributed by atoms with Crippen LogP contribution in [0.5, 0.6) is 5.75 Å². The minimum atomic E-state index is -0.625. The number of halogens is 1. The summed E-state index contributed by atoms with van der Waals surface area (Å²) in [6.45, 7) is 1.87. The third-order valence-corrected chi connectivity index (χ3v) is 4.19. The van der Waals surface area contributed by atoms with E-state index < -0.39 is 5.97 Å². The van der Waals surface area contributed by atoms with Crippen molar-refractivity contribution < 1.29 is 14.3 Å². The SMILES string of the molecule is COC(=O)c1c(N)c(C#N)cn1-c1c(OC)ccc(Br)c1C. The fourth-order valence-corrected chi connectivity index (χ4v) is 2.53. The number of anilines is 1. The minimum Gasteiger partial charge on any atom is -0.495 e. The van der Waals surface area contributed by atoms with Gasteiger partial charge in [-0.1, -0.05) is 15.9 Å². The van der Waals surface area contributed by atoms with E-state index in [0.29, 0.717) is 11.4 Å². The Kier molecular flexibility index (Phi) is 4.43. The molecule has 0 amide bonds. The lowest BCUT2D eigenvalue weighted by molar-refractivity contribution is 0.0593. The maximum atomic E-state index is 12.1. The lowest BCUT2D eigenvalue weighted by atomic mass is 10.1. The number of nitriles is 1. The number of nitrogens with zero attached hydrogens (tertiary/aromatic N) is 2. The Morgan fingerprint density at radius 2 is 2.09 bits per heavy atom. The fourth-order valence-electron chi connectivity index (χ4n) is 2.21. The van der Waals surface area contributed by atoms with E-state index in [4.69, 9.17) is 15.2 Å². The number of rotatable bonds is 3. The van der Waals surface area contributed by atoms with E-state index in [1.165, 1.54) is 25.0 Å². The van der Waals surface area contributed by atoms with Gasteiger partial charge in [-0.2, -0.15) is 5.26 Å². The number of carbonyl (C=O) groups is 1. The number of methoxy groups -OCH3 is 2. The van der Waals surface area contributed by atoms with E-state index in [2.05, 4.69) is 15.9 Å². The second-order valence-electron chi connectivity index (χ2n) is 4.50. The van der Waals surface area contributed by atoms with Gasteiger partial charge in [-0.25, -0.2) is 4.79 Å². The van der Waals surface area contributed by atoms with E-state index in [-0.39, 0.29) is 16.9 Å². The number of aromatic nitrogens is 1. The average molecular weight is 364 g/mol. The summed E-state index contributed by atoms with van der Waals surface area (Å²) in [6, 6.07) is 5.57. The molecule has 0 aliphatic heterocycles. The molecular formula is C15H14BrN3O3. The van der Waals surface area contributed by atoms with Gasteiger partial charge in [0.05, 0.1) is 31.2 Å². The molecule has 0 atom stereocenters. The molecule has 6 nitrogen and oxygen atoms in total. The first-order chi connectivity index (χ1) is 10.5. The van der Waals surface area contributed by atoms with Crippen LogP contribution in [0.15, 0.2) is 22.8 Å². The number of hydrogen-bond donors (Lipinski definition) is 1. The first kappa shape index (κ1) is 15.9. The van der Waals surface area contributed by atoms with Gasteiger partial charge in [0.25, 0.3) is 0 Å². The minimum absolute atomic E-state index is 0.0794. The summed E-state index contributed by atoms with van der Waals surface area (Å²) < 4.78 is 12.5. The molecule has 2 N–H and O–H groups in total. The van der Waals surface area contributed by atoms with Crippen molar-refractivity contribution in [2.24, 2.45) is 0 Å². The molecule has 1 aromatic carbocycles. The number of carbonyl (C=O) groups excluding carboxylic acids is 1. The second kappa shape index (κ2) is 6.12. The van der Waals surface area contributed by atoms with Gasteiger partial charge in [0.15, 0.2) is 5.69 Å². The number of benzene rings is 1. The van der Waals surface area contributed by atoms with Crippen LogP contribution in [0.25, 0.3) is 5.69 Å². The van der Waals surface area contributed by atoms with Gasteiger partial charge in [-0.05, 0) is 24.6 Å². The van der Waals surface area contributed by atoms with E-state index >= 15 is 0 Å². The van der Waals surface area contributed by atoms with Gasteiger partial charge in [0, 0.05) is 10.7 Å². The summed E-state index contributed by atoms with van der Waals surface area (Å²) >= 11 is 3.45. The van der Waals surface area contributed by atoms with Gasteiger partial charge < -0.3 is 19.8 Å². The Balaban J connectivity index is 2.87. The van der Waals surface area contributed by atoms with Gasteiger partial charge >= 0.3 is 5.97 Å². The largest absolute Gasteiger partial charge is 0.495 e. The summed E-state index contributed by atoms with van der Waals surface area (Å²) in [7, 11) is 2.79. The predicted octanol–water partition coefficient (Wildman–Crippen LogP) is 2.80. The monoisotopic (exact) mass is 363 g/mol. The van der Waals surface area contributed by atoms with Crippen LogP contribution >= 0.6 is 15.9 Å². The molecule has 114 valence electrons. The Labute approximate surface area is 136 Å². The van der Waals surface area contributed by atoms with E-state index in [1.54, 1.807) is 6.07 Å². The molecule has 0 radical (unpaired) electrons. The van der Waals surface area contributed by atoms with Crippen molar-refractivity contribution in [1.29, 1.82) is 5.26 Å². The number of nitrogen functional groups attached to an aromatic ring is 1. The first-order valence-corrected chi connectivity index (χ1v) is 7.08. The second-order valence-corrected chi connectivity index (χ2v) is 5.36. The molecule has 2 rings (SSSR count). The van der Waals surface area contributed by atoms with E-state index in [9.17, 15) is 10.1 Å². The quantitative estimate of drug-likeness (QED) is 0.846. The molecule has 0 aliphatic rings. The topological polar surface area (TPSA) is 90.3 Å². The molecule has 0 spiro atoms. The Morgan fingerprint density at radius 1 is 1.41 bits per heavy atom. The highest BCUT2D eigenvalue weighted by atomic mass is 79.9. The van der Waals surface area contributed by atoms with Crippen LogP contribution in [-0.2, 0) is 4.74 Å². The van der Waals surface area contributed by atoms with Crippen molar-refractivity contribution in [1.82, 2.24) is 4.57 Å². The van der Waals surface area contributed by atoms with Crippen LogP contribution < -0.4 is 10.5 Å². The van der Waals surface area contributed by atoms with Crippen molar-refractivity contribution in [3.05, 3.63) is 39.6 Å². The highest BCUT2D eigenvalue weighted by Crippen LogP contribution is 2.35.